The maximum absolute atomic E-state index is 13.8. The molecule has 0 spiro atoms. The summed E-state index contributed by atoms with van der Waals surface area (Å²) < 4.78 is 77.2. The zero-order valence-corrected chi connectivity index (χ0v) is 26.9. The monoisotopic (exact) mass is 713 g/mol. The molecule has 1 fully saturated rings. The zero-order chi connectivity index (χ0) is 35.2. The fourth-order valence-electron chi connectivity index (χ4n) is 4.73. The number of amides is 1. The fraction of sp³-hybridized carbons (Fsp3) is 0.300. The first kappa shape index (κ1) is 36.3. The quantitative estimate of drug-likeness (QED) is 0.148. The molecule has 4 rings (SSSR count). The minimum absolute atomic E-state index is 0.115. The molecule has 0 saturated carbocycles. The molecule has 18 heteroatoms. The van der Waals surface area contributed by atoms with E-state index in [9.17, 15) is 36.7 Å². The summed E-state index contributed by atoms with van der Waals surface area (Å²) in [6, 6.07) is 6.00. The molecular weight excluding hydrogens is 684 g/mol. The predicted octanol–water partition coefficient (Wildman–Crippen LogP) is 3.78. The van der Waals surface area contributed by atoms with Crippen LogP contribution in [0, 0.1) is 11.6 Å². The number of halogens is 3. The van der Waals surface area contributed by atoms with E-state index in [0.717, 1.165) is 35.3 Å². The lowest BCUT2D eigenvalue weighted by Gasteiger charge is -2.47. The highest BCUT2D eigenvalue weighted by atomic mass is 35.5. The van der Waals surface area contributed by atoms with Crippen molar-refractivity contribution in [2.45, 2.75) is 43.2 Å². The standard InChI is InChI=1S/C30H30ClF2N3O11S/c1-17-15-47-30(40,19-9-20(32)11-21(33)10-19)18(2)36(17)29(39)46-16-45-27(37)6-4-8-44-28(38)23-12-26(48(34,41)42)24(31)13-25(23)35-14-22-5-3-7-43-22/h3-7,9-13,17-18,35,40H,8,14-16H2,1-2H3,(H2,34,41,42)/t17-,18+,30-/m1/s1. The normalized spacial score (nSPS) is 19.6. The van der Waals surface area contributed by atoms with Crippen molar-refractivity contribution in [3.8, 4) is 0 Å². The molecule has 1 aliphatic heterocycles. The Hall–Kier alpha value is -4.55. The van der Waals surface area contributed by atoms with E-state index in [2.05, 4.69) is 5.32 Å². The Morgan fingerprint density at radius 3 is 2.50 bits per heavy atom. The Labute approximate surface area is 278 Å². The van der Waals surface area contributed by atoms with Gasteiger partial charge in [-0.2, -0.15) is 0 Å². The first-order chi connectivity index (χ1) is 22.6. The van der Waals surface area contributed by atoms with Crippen molar-refractivity contribution in [2.24, 2.45) is 5.14 Å². The van der Waals surface area contributed by atoms with Crippen LogP contribution in [0.3, 0.4) is 0 Å². The van der Waals surface area contributed by atoms with Gasteiger partial charge in [0.2, 0.25) is 22.6 Å². The lowest BCUT2D eigenvalue weighted by molar-refractivity contribution is -0.280. The summed E-state index contributed by atoms with van der Waals surface area (Å²) in [5.74, 6) is -5.66. The molecule has 14 nitrogen and oxygen atoms in total. The van der Waals surface area contributed by atoms with Gasteiger partial charge in [-0.25, -0.2) is 36.7 Å². The van der Waals surface area contributed by atoms with Crippen LogP contribution >= 0.6 is 11.6 Å². The summed E-state index contributed by atoms with van der Waals surface area (Å²) in [5, 5.41) is 19.0. The number of rotatable bonds is 11. The van der Waals surface area contributed by atoms with Crippen LogP contribution in [0.5, 0.6) is 0 Å². The van der Waals surface area contributed by atoms with Crippen LogP contribution in [0.15, 0.2) is 70.2 Å². The minimum atomic E-state index is -4.30. The summed E-state index contributed by atoms with van der Waals surface area (Å²) in [5.41, 5.74) is -0.361. The third-order valence-electron chi connectivity index (χ3n) is 7.07. The van der Waals surface area contributed by atoms with E-state index in [1.807, 2.05) is 0 Å². The van der Waals surface area contributed by atoms with Gasteiger partial charge in [0.15, 0.2) is 0 Å². The Morgan fingerprint density at radius 1 is 1.15 bits per heavy atom. The van der Waals surface area contributed by atoms with Crippen LogP contribution in [-0.4, -0.2) is 68.5 Å². The van der Waals surface area contributed by atoms with Gasteiger partial charge in [0.1, 0.15) is 28.9 Å². The zero-order valence-electron chi connectivity index (χ0n) is 25.4. The molecule has 0 unspecified atom stereocenters. The summed E-state index contributed by atoms with van der Waals surface area (Å²) in [4.78, 5) is 38.4. The highest BCUT2D eigenvalue weighted by molar-refractivity contribution is 7.89. The summed E-state index contributed by atoms with van der Waals surface area (Å²) in [7, 11) is -4.30. The number of nitrogens with one attached hydrogen (secondary N) is 1. The van der Waals surface area contributed by atoms with E-state index in [1.165, 1.54) is 19.3 Å². The van der Waals surface area contributed by atoms with E-state index in [4.69, 9.17) is 40.1 Å². The number of hydrogen-bond acceptors (Lipinski definition) is 12. The molecule has 48 heavy (non-hydrogen) atoms. The number of aliphatic hydroxyl groups is 1. The first-order valence-corrected chi connectivity index (χ1v) is 15.9. The minimum Gasteiger partial charge on any atom is -0.467 e. The number of esters is 2. The number of nitrogens with zero attached hydrogens (tertiary/aromatic N) is 1. The van der Waals surface area contributed by atoms with Gasteiger partial charge < -0.3 is 33.8 Å². The van der Waals surface area contributed by atoms with Crippen molar-refractivity contribution in [3.63, 3.8) is 0 Å². The van der Waals surface area contributed by atoms with Crippen LogP contribution in [0.4, 0.5) is 19.3 Å². The van der Waals surface area contributed by atoms with Gasteiger partial charge in [-0.1, -0.05) is 11.6 Å². The molecule has 1 aliphatic rings. The maximum atomic E-state index is 13.8. The van der Waals surface area contributed by atoms with Gasteiger partial charge in [-0.05, 0) is 56.3 Å². The number of primary sulfonamides is 1. The van der Waals surface area contributed by atoms with Crippen molar-refractivity contribution >= 4 is 45.3 Å². The molecule has 2 heterocycles. The van der Waals surface area contributed by atoms with E-state index in [-0.39, 0.29) is 35.0 Å². The Balaban J connectivity index is 1.31. The number of benzene rings is 2. The molecule has 0 aliphatic carbocycles. The average Bonchev–Trinajstić information content (AvgIpc) is 3.53. The first-order valence-electron chi connectivity index (χ1n) is 14.0. The van der Waals surface area contributed by atoms with Crippen molar-refractivity contribution in [1.82, 2.24) is 4.90 Å². The molecule has 1 saturated heterocycles. The van der Waals surface area contributed by atoms with Gasteiger partial charge in [0.05, 0.1) is 47.8 Å². The lowest BCUT2D eigenvalue weighted by atomic mass is 9.94. The number of morpholine rings is 1. The average molecular weight is 714 g/mol. The molecule has 3 aromatic rings. The largest absolute Gasteiger partial charge is 0.467 e. The Kier molecular flexibility index (Phi) is 11.4. The van der Waals surface area contributed by atoms with Crippen molar-refractivity contribution < 1.29 is 60.1 Å². The van der Waals surface area contributed by atoms with Gasteiger partial charge in [0.25, 0.3) is 0 Å². The molecule has 0 radical (unpaired) electrons. The maximum Gasteiger partial charge on any atom is 0.413 e. The number of furan rings is 1. The number of nitrogens with two attached hydrogens (primary N) is 1. The Morgan fingerprint density at radius 2 is 1.85 bits per heavy atom. The predicted molar refractivity (Wildman–Crippen MR) is 163 cm³/mol. The lowest BCUT2D eigenvalue weighted by Crippen LogP contribution is -2.62. The second-order valence-electron chi connectivity index (χ2n) is 10.4. The highest BCUT2D eigenvalue weighted by Gasteiger charge is 2.49. The SMILES string of the molecule is C[C@@H]1CO[C@@](O)(c2cc(F)cc(F)c2)[C@H](C)N1C(=O)OCOC(=O)C=CCOC(=O)c1cc(S(N)(=O)=O)c(Cl)cc1NCc1ccco1. The van der Waals surface area contributed by atoms with Crippen LogP contribution < -0.4 is 10.5 Å². The smallest absolute Gasteiger partial charge is 0.413 e. The van der Waals surface area contributed by atoms with Crippen molar-refractivity contribution in [3.05, 3.63) is 94.4 Å². The fourth-order valence-corrected chi connectivity index (χ4v) is 5.83. The van der Waals surface area contributed by atoms with Crippen molar-refractivity contribution in [2.75, 3.05) is 25.3 Å². The molecule has 4 N–H and O–H groups in total. The number of carbonyl (C=O) groups is 3. The van der Waals surface area contributed by atoms with Crippen molar-refractivity contribution in [1.29, 1.82) is 0 Å². The topological polar surface area (TPSA) is 197 Å². The molecule has 258 valence electrons. The molecular formula is C30H30ClF2N3O11S. The second-order valence-corrected chi connectivity index (χ2v) is 12.3. The Bertz CT molecular complexity index is 1790. The number of hydrogen-bond donors (Lipinski definition) is 3. The molecule has 1 amide bonds. The summed E-state index contributed by atoms with van der Waals surface area (Å²) in [6.45, 7) is 1.56. The van der Waals surface area contributed by atoms with Crippen LogP contribution in [0.25, 0.3) is 0 Å². The van der Waals surface area contributed by atoms with Gasteiger partial charge in [-0.3, -0.25) is 4.90 Å². The number of carbonyl (C=O) groups excluding carboxylic acids is 3. The number of sulfonamides is 1. The van der Waals surface area contributed by atoms with E-state index >= 15 is 0 Å². The van der Waals surface area contributed by atoms with Crippen LogP contribution in [0.2, 0.25) is 5.02 Å². The van der Waals surface area contributed by atoms with E-state index in [1.54, 1.807) is 19.1 Å². The van der Waals surface area contributed by atoms with E-state index < -0.39 is 75.9 Å². The highest BCUT2D eigenvalue weighted by Crippen LogP contribution is 2.36. The van der Waals surface area contributed by atoms with Gasteiger partial charge in [-0.15, -0.1) is 0 Å². The van der Waals surface area contributed by atoms with Crippen LogP contribution in [-0.2, 0) is 46.1 Å². The summed E-state index contributed by atoms with van der Waals surface area (Å²) >= 11 is 6.07. The molecule has 3 atom stereocenters. The third-order valence-corrected chi connectivity index (χ3v) is 8.45. The van der Waals surface area contributed by atoms with Crippen LogP contribution in [0.1, 0.15) is 35.5 Å². The second kappa shape index (κ2) is 15.1. The third kappa shape index (κ3) is 8.67. The van der Waals surface area contributed by atoms with E-state index in [0.29, 0.717) is 11.8 Å². The molecule has 2 aromatic carbocycles. The summed E-state index contributed by atoms with van der Waals surface area (Å²) in [6.07, 6.45) is 2.42. The molecule has 0 bridgehead atoms. The number of ether oxygens (including phenoxy) is 4. The van der Waals surface area contributed by atoms with Gasteiger partial charge in [0, 0.05) is 17.7 Å². The van der Waals surface area contributed by atoms with Gasteiger partial charge >= 0.3 is 18.0 Å². The molecule has 1 aromatic heterocycles. The number of anilines is 1.